The van der Waals surface area contributed by atoms with Crippen LogP contribution in [0.2, 0.25) is 0 Å². The molecule has 0 aliphatic carbocycles. The van der Waals surface area contributed by atoms with E-state index >= 15 is 0 Å². The zero-order valence-electron chi connectivity index (χ0n) is 9.06. The van der Waals surface area contributed by atoms with Crippen molar-refractivity contribution in [1.29, 1.82) is 0 Å². The van der Waals surface area contributed by atoms with Crippen molar-refractivity contribution in [2.45, 2.75) is 11.9 Å². The molecule has 0 aliphatic rings. The molecule has 4 heteroatoms. The average molecular weight is 281 g/mol. The summed E-state index contributed by atoms with van der Waals surface area (Å²) in [6.07, 6.45) is 1.91. The van der Waals surface area contributed by atoms with Crippen molar-refractivity contribution >= 4 is 15.9 Å². The molecule has 0 amide bonds. The van der Waals surface area contributed by atoms with Gasteiger partial charge in [-0.3, -0.25) is 4.68 Å². The fourth-order valence-corrected chi connectivity index (χ4v) is 1.75. The number of alkyl halides is 1. The molecular formula is C12H13BrN2O. The lowest BCUT2D eigenvalue weighted by Gasteiger charge is -2.04. The van der Waals surface area contributed by atoms with E-state index in [1.807, 2.05) is 43.6 Å². The molecule has 1 aromatic heterocycles. The van der Waals surface area contributed by atoms with Crippen molar-refractivity contribution in [3.8, 4) is 5.75 Å². The predicted molar refractivity (Wildman–Crippen MR) is 66.6 cm³/mol. The molecule has 0 unspecified atom stereocenters. The third-order valence-corrected chi connectivity index (χ3v) is 2.88. The molecule has 0 saturated heterocycles. The second kappa shape index (κ2) is 5.16. The van der Waals surface area contributed by atoms with E-state index in [1.165, 1.54) is 5.56 Å². The highest BCUT2D eigenvalue weighted by Crippen LogP contribution is 2.15. The van der Waals surface area contributed by atoms with Crippen molar-refractivity contribution in [1.82, 2.24) is 9.78 Å². The number of nitrogens with zero attached hydrogens (tertiary/aromatic N) is 2. The van der Waals surface area contributed by atoms with Gasteiger partial charge in [-0.1, -0.05) is 28.1 Å². The van der Waals surface area contributed by atoms with E-state index < -0.39 is 0 Å². The number of aromatic nitrogens is 2. The highest BCUT2D eigenvalue weighted by atomic mass is 79.9. The Kier molecular flexibility index (Phi) is 3.62. The number of aryl methyl sites for hydroxylation is 1. The van der Waals surface area contributed by atoms with Gasteiger partial charge < -0.3 is 4.74 Å². The van der Waals surface area contributed by atoms with E-state index in [4.69, 9.17) is 4.74 Å². The molecule has 16 heavy (non-hydrogen) atoms. The van der Waals surface area contributed by atoms with Gasteiger partial charge in [-0.15, -0.1) is 0 Å². The number of rotatable bonds is 4. The van der Waals surface area contributed by atoms with Crippen LogP contribution in [0.5, 0.6) is 5.75 Å². The summed E-state index contributed by atoms with van der Waals surface area (Å²) in [4.78, 5) is 0. The molecule has 2 aromatic rings. The Morgan fingerprint density at radius 2 is 2.00 bits per heavy atom. The molecule has 3 nitrogen and oxygen atoms in total. The van der Waals surface area contributed by atoms with Crippen LogP contribution >= 0.6 is 15.9 Å². The molecule has 2 rings (SSSR count). The number of ether oxygens (including phenoxy) is 1. The first-order valence-electron chi connectivity index (χ1n) is 5.04. The van der Waals surface area contributed by atoms with Gasteiger partial charge in [0.25, 0.3) is 0 Å². The maximum Gasteiger partial charge on any atom is 0.132 e. The van der Waals surface area contributed by atoms with Gasteiger partial charge in [-0.2, -0.15) is 5.10 Å². The largest absolute Gasteiger partial charge is 0.487 e. The van der Waals surface area contributed by atoms with Gasteiger partial charge in [-0.25, -0.2) is 0 Å². The highest BCUT2D eigenvalue weighted by Gasteiger charge is 1.98. The molecule has 0 N–H and O–H groups in total. The van der Waals surface area contributed by atoms with Crippen LogP contribution in [0, 0.1) is 0 Å². The van der Waals surface area contributed by atoms with Crippen LogP contribution in [0.1, 0.15) is 11.3 Å². The maximum atomic E-state index is 5.61. The van der Waals surface area contributed by atoms with Gasteiger partial charge in [0.05, 0.1) is 5.69 Å². The average Bonchev–Trinajstić information content (AvgIpc) is 2.73. The minimum Gasteiger partial charge on any atom is -0.487 e. The highest BCUT2D eigenvalue weighted by molar-refractivity contribution is 9.08. The summed E-state index contributed by atoms with van der Waals surface area (Å²) in [5.41, 5.74) is 2.18. The molecule has 84 valence electrons. The number of hydrogen-bond acceptors (Lipinski definition) is 2. The Labute approximate surface area is 103 Å². The van der Waals surface area contributed by atoms with Crippen LogP contribution in [0.25, 0.3) is 0 Å². The molecule has 0 atom stereocenters. The van der Waals surface area contributed by atoms with Gasteiger partial charge >= 0.3 is 0 Å². The van der Waals surface area contributed by atoms with Crippen molar-refractivity contribution < 1.29 is 4.74 Å². The zero-order valence-corrected chi connectivity index (χ0v) is 10.6. The van der Waals surface area contributed by atoms with Crippen molar-refractivity contribution in [3.63, 3.8) is 0 Å². The van der Waals surface area contributed by atoms with E-state index in [2.05, 4.69) is 21.0 Å². The molecule has 1 aromatic carbocycles. The zero-order chi connectivity index (χ0) is 11.4. The molecule has 0 spiro atoms. The summed E-state index contributed by atoms with van der Waals surface area (Å²) in [6, 6.07) is 9.98. The Morgan fingerprint density at radius 3 is 2.56 bits per heavy atom. The predicted octanol–water partition coefficient (Wildman–Crippen LogP) is 2.89. The lowest BCUT2D eigenvalue weighted by Crippen LogP contribution is -1.97. The first-order valence-corrected chi connectivity index (χ1v) is 6.16. The van der Waals surface area contributed by atoms with Gasteiger partial charge in [0, 0.05) is 18.6 Å². The minimum atomic E-state index is 0.508. The summed E-state index contributed by atoms with van der Waals surface area (Å²) >= 11 is 3.41. The molecule has 1 heterocycles. The van der Waals surface area contributed by atoms with Crippen molar-refractivity contribution in [2.75, 3.05) is 0 Å². The summed E-state index contributed by atoms with van der Waals surface area (Å²) < 4.78 is 7.38. The summed E-state index contributed by atoms with van der Waals surface area (Å²) in [5, 5.41) is 5.11. The summed E-state index contributed by atoms with van der Waals surface area (Å²) in [5.74, 6) is 0.871. The standard InChI is InChI=1S/C12H13BrN2O/c1-15-7-6-11(14-15)9-16-12-4-2-10(8-13)3-5-12/h2-7H,8-9H2,1H3. The van der Waals surface area contributed by atoms with Crippen LogP contribution in [0.4, 0.5) is 0 Å². The Morgan fingerprint density at radius 1 is 1.25 bits per heavy atom. The minimum absolute atomic E-state index is 0.508. The van der Waals surface area contributed by atoms with Crippen LogP contribution < -0.4 is 4.74 Å². The Bertz CT molecular complexity index is 450. The van der Waals surface area contributed by atoms with Crippen LogP contribution in [-0.4, -0.2) is 9.78 Å². The van der Waals surface area contributed by atoms with Crippen LogP contribution in [-0.2, 0) is 19.0 Å². The molecule has 0 fully saturated rings. The topological polar surface area (TPSA) is 27.1 Å². The Balaban J connectivity index is 1.94. The van der Waals surface area contributed by atoms with Gasteiger partial charge in [0.1, 0.15) is 12.4 Å². The van der Waals surface area contributed by atoms with Crippen LogP contribution in [0.15, 0.2) is 36.5 Å². The fourth-order valence-electron chi connectivity index (χ4n) is 1.37. The first kappa shape index (κ1) is 11.2. The van der Waals surface area contributed by atoms with Gasteiger partial charge in [-0.05, 0) is 23.8 Å². The maximum absolute atomic E-state index is 5.61. The smallest absolute Gasteiger partial charge is 0.132 e. The lowest BCUT2D eigenvalue weighted by atomic mass is 10.2. The lowest BCUT2D eigenvalue weighted by molar-refractivity contribution is 0.300. The second-order valence-electron chi connectivity index (χ2n) is 3.55. The SMILES string of the molecule is Cn1ccc(COc2ccc(CBr)cc2)n1. The van der Waals surface area contributed by atoms with Crippen molar-refractivity contribution in [2.24, 2.45) is 7.05 Å². The first-order chi connectivity index (χ1) is 7.78. The van der Waals surface area contributed by atoms with E-state index in [-0.39, 0.29) is 0 Å². The molecule has 0 bridgehead atoms. The monoisotopic (exact) mass is 280 g/mol. The van der Waals surface area contributed by atoms with E-state index in [1.54, 1.807) is 4.68 Å². The molecule has 0 aliphatic heterocycles. The quantitative estimate of drug-likeness (QED) is 0.806. The van der Waals surface area contributed by atoms with E-state index in [0.717, 1.165) is 16.8 Å². The molecule has 0 saturated carbocycles. The van der Waals surface area contributed by atoms with Crippen molar-refractivity contribution in [3.05, 3.63) is 47.8 Å². The van der Waals surface area contributed by atoms with Crippen LogP contribution in [0.3, 0.4) is 0 Å². The van der Waals surface area contributed by atoms with Gasteiger partial charge in [0.15, 0.2) is 0 Å². The second-order valence-corrected chi connectivity index (χ2v) is 4.11. The molecular weight excluding hydrogens is 268 g/mol. The summed E-state index contributed by atoms with van der Waals surface area (Å²) in [7, 11) is 1.90. The summed E-state index contributed by atoms with van der Waals surface area (Å²) in [6.45, 7) is 0.508. The third kappa shape index (κ3) is 2.85. The Hall–Kier alpha value is -1.29. The van der Waals surface area contributed by atoms with E-state index in [9.17, 15) is 0 Å². The number of benzene rings is 1. The normalized spacial score (nSPS) is 10.4. The fraction of sp³-hybridized carbons (Fsp3) is 0.250. The van der Waals surface area contributed by atoms with Gasteiger partial charge in [0.2, 0.25) is 0 Å². The number of halogens is 1. The number of hydrogen-bond donors (Lipinski definition) is 0. The third-order valence-electron chi connectivity index (χ3n) is 2.23. The van der Waals surface area contributed by atoms with E-state index in [0.29, 0.717) is 6.61 Å². The molecule has 0 radical (unpaired) electrons.